The molecule has 3 heterocycles. The fraction of sp³-hybridized carbons (Fsp3) is 0.0465. The van der Waals surface area contributed by atoms with Crippen molar-refractivity contribution in [2.24, 2.45) is 0 Å². The first kappa shape index (κ1) is 28.3. The zero-order valence-corrected chi connectivity index (χ0v) is 27.0. The van der Waals surface area contributed by atoms with Crippen LogP contribution in [0.4, 0.5) is 0 Å². The Bertz CT molecular complexity index is 2350. The third-order valence-corrected chi connectivity index (χ3v) is 10.3. The SMILES string of the molecule is C=CC1=C(/C=C(\C)c2nc(-c3ccccc3)nc(-c3ccccc3)n2)c2cc3ccsc3cc2C12c1ccccc1Oc1ccccc12. The molecule has 1 aliphatic carbocycles. The Labute approximate surface area is 283 Å². The fourth-order valence-corrected chi connectivity index (χ4v) is 8.10. The molecule has 228 valence electrons. The van der Waals surface area contributed by atoms with Gasteiger partial charge in [-0.05, 0) is 81.9 Å². The number of thiophene rings is 1. The standard InChI is InChI=1S/C43H29N3OS/c1-3-33-31(24-27(2)40-44-41(28-14-6-4-7-15-28)46-42(45-40)29-16-8-5-9-17-29)32-25-30-22-23-48-39(30)26-36(32)43(33)34-18-10-12-20-37(34)47-38-21-13-11-19-35(38)43/h3-26H,1H2,2H3/b27-24+. The molecular formula is C43H29N3OS. The van der Waals surface area contributed by atoms with E-state index in [4.69, 9.17) is 19.7 Å². The molecular weight excluding hydrogens is 607 g/mol. The van der Waals surface area contributed by atoms with Crippen LogP contribution in [0.1, 0.15) is 35.0 Å². The lowest BCUT2D eigenvalue weighted by atomic mass is 9.65. The van der Waals surface area contributed by atoms with Crippen molar-refractivity contribution in [1.29, 1.82) is 0 Å². The first-order valence-corrected chi connectivity index (χ1v) is 16.8. The van der Waals surface area contributed by atoms with Crippen LogP contribution in [0.15, 0.2) is 157 Å². The van der Waals surface area contributed by atoms with Crippen LogP contribution >= 0.6 is 11.3 Å². The average Bonchev–Trinajstić information content (AvgIpc) is 3.71. The second-order valence-electron chi connectivity index (χ2n) is 12.1. The van der Waals surface area contributed by atoms with E-state index in [-0.39, 0.29) is 0 Å². The summed E-state index contributed by atoms with van der Waals surface area (Å²) >= 11 is 1.77. The molecule has 0 atom stereocenters. The molecule has 2 aliphatic rings. The van der Waals surface area contributed by atoms with Gasteiger partial charge in [-0.25, -0.2) is 15.0 Å². The molecule has 1 aliphatic heterocycles. The third kappa shape index (κ3) is 4.25. The van der Waals surface area contributed by atoms with E-state index in [2.05, 4.69) is 79.6 Å². The maximum Gasteiger partial charge on any atom is 0.164 e. The average molecular weight is 636 g/mol. The van der Waals surface area contributed by atoms with Gasteiger partial charge in [0.25, 0.3) is 0 Å². The summed E-state index contributed by atoms with van der Waals surface area (Å²) in [5.74, 6) is 3.62. The maximum absolute atomic E-state index is 6.54. The van der Waals surface area contributed by atoms with Crippen molar-refractivity contribution in [3.05, 3.63) is 185 Å². The summed E-state index contributed by atoms with van der Waals surface area (Å²) in [5.41, 5.74) is 9.01. The van der Waals surface area contributed by atoms with E-state index in [0.717, 1.165) is 50.5 Å². The molecule has 5 aromatic carbocycles. The molecule has 0 saturated carbocycles. The van der Waals surface area contributed by atoms with E-state index < -0.39 is 5.41 Å². The Morgan fingerprint density at radius 3 is 1.88 bits per heavy atom. The number of hydrogen-bond acceptors (Lipinski definition) is 5. The first-order valence-electron chi connectivity index (χ1n) is 16.0. The van der Waals surface area contributed by atoms with Gasteiger partial charge in [-0.2, -0.15) is 0 Å². The summed E-state index contributed by atoms with van der Waals surface area (Å²) in [4.78, 5) is 15.0. The summed E-state index contributed by atoms with van der Waals surface area (Å²) in [5, 5.41) is 3.38. The van der Waals surface area contributed by atoms with Gasteiger partial charge in [0.05, 0.1) is 5.41 Å². The van der Waals surface area contributed by atoms with Crippen LogP contribution in [-0.4, -0.2) is 15.0 Å². The minimum absolute atomic E-state index is 0.615. The molecule has 5 heteroatoms. The molecule has 1 spiro atoms. The predicted octanol–water partition coefficient (Wildman–Crippen LogP) is 10.9. The van der Waals surface area contributed by atoms with Crippen molar-refractivity contribution in [2.75, 3.05) is 0 Å². The topological polar surface area (TPSA) is 47.9 Å². The second-order valence-corrected chi connectivity index (χ2v) is 13.0. The molecule has 2 aromatic heterocycles. The Hall–Kier alpha value is -5.91. The predicted molar refractivity (Wildman–Crippen MR) is 196 cm³/mol. The quantitative estimate of drug-likeness (QED) is 0.189. The maximum atomic E-state index is 6.54. The number of ether oxygens (including phenoxy) is 1. The number of allylic oxidation sites excluding steroid dienone is 5. The van der Waals surface area contributed by atoms with Crippen molar-refractivity contribution < 1.29 is 4.74 Å². The molecule has 48 heavy (non-hydrogen) atoms. The van der Waals surface area contributed by atoms with Gasteiger partial charge < -0.3 is 4.74 Å². The zero-order chi connectivity index (χ0) is 32.2. The van der Waals surface area contributed by atoms with Crippen LogP contribution in [-0.2, 0) is 5.41 Å². The number of rotatable bonds is 5. The van der Waals surface area contributed by atoms with Crippen molar-refractivity contribution in [3.8, 4) is 34.3 Å². The van der Waals surface area contributed by atoms with Crippen LogP contribution in [0.2, 0.25) is 0 Å². The smallest absolute Gasteiger partial charge is 0.164 e. The van der Waals surface area contributed by atoms with E-state index in [9.17, 15) is 0 Å². The number of nitrogens with zero attached hydrogens (tertiary/aromatic N) is 3. The molecule has 4 nitrogen and oxygen atoms in total. The highest BCUT2D eigenvalue weighted by molar-refractivity contribution is 7.17. The highest BCUT2D eigenvalue weighted by Gasteiger charge is 2.51. The number of hydrogen-bond donors (Lipinski definition) is 0. The van der Waals surface area contributed by atoms with Crippen LogP contribution in [0, 0.1) is 0 Å². The number of benzene rings is 5. The Kier molecular flexibility index (Phi) is 6.56. The van der Waals surface area contributed by atoms with E-state index in [1.54, 1.807) is 11.3 Å². The van der Waals surface area contributed by atoms with Crippen molar-refractivity contribution in [2.45, 2.75) is 12.3 Å². The van der Waals surface area contributed by atoms with Gasteiger partial charge in [0.1, 0.15) is 11.5 Å². The Balaban J connectivity index is 1.33. The summed E-state index contributed by atoms with van der Waals surface area (Å²) in [6.45, 7) is 6.54. The van der Waals surface area contributed by atoms with Gasteiger partial charge in [-0.1, -0.05) is 110 Å². The summed E-state index contributed by atoms with van der Waals surface area (Å²) in [7, 11) is 0. The Morgan fingerprint density at radius 2 is 1.27 bits per heavy atom. The molecule has 0 radical (unpaired) electrons. The first-order chi connectivity index (χ1) is 23.6. The molecule has 0 bridgehead atoms. The molecule has 7 aromatic rings. The van der Waals surface area contributed by atoms with Gasteiger partial charge >= 0.3 is 0 Å². The summed E-state index contributed by atoms with van der Waals surface area (Å²) < 4.78 is 7.79. The van der Waals surface area contributed by atoms with E-state index in [1.807, 2.05) is 78.9 Å². The van der Waals surface area contributed by atoms with Gasteiger partial charge in [0.2, 0.25) is 0 Å². The fourth-order valence-electron chi connectivity index (χ4n) is 7.29. The molecule has 0 amide bonds. The Morgan fingerprint density at radius 1 is 0.688 bits per heavy atom. The van der Waals surface area contributed by atoms with Crippen LogP contribution in [0.25, 0.3) is 44.0 Å². The van der Waals surface area contributed by atoms with Gasteiger partial charge in [0.15, 0.2) is 17.5 Å². The highest BCUT2D eigenvalue weighted by Crippen LogP contribution is 2.62. The summed E-state index contributed by atoms with van der Waals surface area (Å²) in [6.07, 6.45) is 4.27. The number of para-hydroxylation sites is 2. The lowest BCUT2D eigenvalue weighted by Crippen LogP contribution is -2.32. The number of fused-ring (bicyclic) bond motifs is 7. The molecule has 0 N–H and O–H groups in total. The van der Waals surface area contributed by atoms with Crippen molar-refractivity contribution in [1.82, 2.24) is 15.0 Å². The number of aromatic nitrogens is 3. The van der Waals surface area contributed by atoms with Crippen molar-refractivity contribution in [3.63, 3.8) is 0 Å². The lowest BCUT2D eigenvalue weighted by Gasteiger charge is -2.40. The molecule has 9 rings (SSSR count). The van der Waals surface area contributed by atoms with Crippen molar-refractivity contribution >= 4 is 32.6 Å². The second kappa shape index (κ2) is 11.1. The lowest BCUT2D eigenvalue weighted by molar-refractivity contribution is 0.436. The monoisotopic (exact) mass is 635 g/mol. The largest absolute Gasteiger partial charge is 0.457 e. The van der Waals surface area contributed by atoms with Gasteiger partial charge in [0, 0.05) is 27.0 Å². The molecule has 0 saturated heterocycles. The zero-order valence-electron chi connectivity index (χ0n) is 26.2. The van der Waals surface area contributed by atoms with Gasteiger partial charge in [-0.3, -0.25) is 0 Å². The van der Waals surface area contributed by atoms with Crippen LogP contribution in [0.3, 0.4) is 0 Å². The van der Waals surface area contributed by atoms with E-state index in [0.29, 0.717) is 17.5 Å². The van der Waals surface area contributed by atoms with E-state index in [1.165, 1.54) is 21.2 Å². The van der Waals surface area contributed by atoms with Gasteiger partial charge in [-0.15, -0.1) is 11.3 Å². The normalized spacial score (nSPS) is 14.4. The minimum Gasteiger partial charge on any atom is -0.457 e. The van der Waals surface area contributed by atoms with Crippen LogP contribution in [0.5, 0.6) is 11.5 Å². The molecule has 0 unspecified atom stereocenters. The van der Waals surface area contributed by atoms with E-state index >= 15 is 0 Å². The van der Waals surface area contributed by atoms with Crippen LogP contribution < -0.4 is 4.74 Å². The highest BCUT2D eigenvalue weighted by atomic mass is 32.1. The summed E-state index contributed by atoms with van der Waals surface area (Å²) in [6, 6.07) is 43.9. The third-order valence-electron chi connectivity index (χ3n) is 9.40. The minimum atomic E-state index is -0.615. The molecule has 0 fully saturated rings.